The van der Waals surface area contributed by atoms with Crippen molar-refractivity contribution in [2.75, 3.05) is 5.32 Å². The van der Waals surface area contributed by atoms with Gasteiger partial charge in [0.15, 0.2) is 0 Å². The number of amides is 1. The quantitative estimate of drug-likeness (QED) is 0.540. The van der Waals surface area contributed by atoms with Gasteiger partial charge in [-0.25, -0.2) is 18.8 Å². The van der Waals surface area contributed by atoms with Crippen molar-refractivity contribution < 1.29 is 18.0 Å². The standard InChI is InChI=1S/C22H15F2N3O2/c1-13-5-4-8-20(25-13)27-21(28)18-9-14-6-2-3-7-19(14)29-22(18)26-17-11-15(23)10-16(24)12-17/h2-12H,1H3,(H,25,27,28). The molecule has 0 saturated carbocycles. The van der Waals surface area contributed by atoms with Gasteiger partial charge in [0.25, 0.3) is 5.91 Å². The molecule has 2 aromatic heterocycles. The summed E-state index contributed by atoms with van der Waals surface area (Å²) >= 11 is 0. The second kappa shape index (κ2) is 7.63. The Bertz CT molecular complexity index is 1280. The predicted octanol–water partition coefficient (Wildman–Crippen LogP) is 4.90. The average Bonchev–Trinajstić information content (AvgIpc) is 2.66. The summed E-state index contributed by atoms with van der Waals surface area (Å²) in [6.45, 7) is 1.81. The molecule has 7 heteroatoms. The molecule has 4 rings (SSSR count). The lowest BCUT2D eigenvalue weighted by Crippen LogP contribution is -2.22. The molecular weight excluding hydrogens is 376 g/mol. The number of nitrogens with one attached hydrogen (secondary N) is 1. The van der Waals surface area contributed by atoms with Crippen molar-refractivity contribution in [2.45, 2.75) is 6.92 Å². The second-order valence-electron chi connectivity index (χ2n) is 6.36. The van der Waals surface area contributed by atoms with Crippen molar-refractivity contribution in [1.29, 1.82) is 0 Å². The summed E-state index contributed by atoms with van der Waals surface area (Å²) < 4.78 is 32.9. The fourth-order valence-electron chi connectivity index (χ4n) is 2.83. The van der Waals surface area contributed by atoms with Gasteiger partial charge in [0.2, 0.25) is 5.55 Å². The van der Waals surface area contributed by atoms with Gasteiger partial charge in [0.05, 0.1) is 5.69 Å². The molecule has 5 nitrogen and oxygen atoms in total. The number of aryl methyl sites for hydroxylation is 1. The van der Waals surface area contributed by atoms with Gasteiger partial charge in [-0.2, -0.15) is 0 Å². The van der Waals surface area contributed by atoms with Crippen LogP contribution in [0.1, 0.15) is 16.1 Å². The molecule has 0 unspecified atom stereocenters. The van der Waals surface area contributed by atoms with Gasteiger partial charge in [-0.05, 0) is 43.3 Å². The molecule has 0 spiro atoms. The number of carbonyl (C=O) groups is 1. The maximum Gasteiger partial charge on any atom is 0.262 e. The summed E-state index contributed by atoms with van der Waals surface area (Å²) in [6, 6.07) is 16.8. The monoisotopic (exact) mass is 391 g/mol. The van der Waals surface area contributed by atoms with E-state index in [2.05, 4.69) is 15.3 Å². The van der Waals surface area contributed by atoms with Crippen molar-refractivity contribution >= 4 is 28.4 Å². The van der Waals surface area contributed by atoms with E-state index in [-0.39, 0.29) is 16.8 Å². The number of para-hydroxylation sites is 1. The van der Waals surface area contributed by atoms with Crippen molar-refractivity contribution in [2.24, 2.45) is 4.99 Å². The maximum atomic E-state index is 13.6. The first-order chi connectivity index (χ1) is 14.0. The summed E-state index contributed by atoms with van der Waals surface area (Å²) in [5.74, 6) is -1.70. The average molecular weight is 391 g/mol. The summed E-state index contributed by atoms with van der Waals surface area (Å²) in [6.07, 6.45) is 0. The van der Waals surface area contributed by atoms with Crippen LogP contribution in [0.2, 0.25) is 0 Å². The van der Waals surface area contributed by atoms with Crippen molar-refractivity contribution in [3.8, 4) is 0 Å². The van der Waals surface area contributed by atoms with Gasteiger partial charge in [0.1, 0.15) is 28.6 Å². The molecule has 4 aromatic rings. The second-order valence-corrected chi connectivity index (χ2v) is 6.36. The molecule has 1 N–H and O–H groups in total. The number of halogens is 2. The molecule has 0 aliphatic carbocycles. The first-order valence-electron chi connectivity index (χ1n) is 8.77. The van der Waals surface area contributed by atoms with Gasteiger partial charge < -0.3 is 9.73 Å². The highest BCUT2D eigenvalue weighted by Gasteiger charge is 2.14. The molecule has 2 heterocycles. The molecule has 1 amide bonds. The van der Waals surface area contributed by atoms with E-state index in [0.717, 1.165) is 23.9 Å². The number of fused-ring (bicyclic) bond motifs is 1. The van der Waals surface area contributed by atoms with E-state index in [1.807, 2.05) is 0 Å². The molecule has 0 aliphatic rings. The molecule has 0 saturated heterocycles. The smallest absolute Gasteiger partial charge is 0.262 e. The number of nitrogens with zero attached hydrogens (tertiary/aromatic N) is 2. The SMILES string of the molecule is Cc1cccc(NC(=O)c2cc3ccccc3oc2=Nc2cc(F)cc(F)c2)n1. The first-order valence-corrected chi connectivity index (χ1v) is 8.77. The van der Waals surface area contributed by atoms with E-state index in [0.29, 0.717) is 16.8 Å². The number of anilines is 1. The Hall–Kier alpha value is -3.87. The fourth-order valence-corrected chi connectivity index (χ4v) is 2.83. The molecule has 0 fully saturated rings. The summed E-state index contributed by atoms with van der Waals surface area (Å²) in [4.78, 5) is 21.3. The Labute approximate surface area is 164 Å². The first kappa shape index (κ1) is 18.5. The highest BCUT2D eigenvalue weighted by molar-refractivity contribution is 6.04. The zero-order chi connectivity index (χ0) is 20.4. The molecule has 0 aliphatic heterocycles. The normalized spacial score (nSPS) is 11.6. The zero-order valence-electron chi connectivity index (χ0n) is 15.3. The van der Waals surface area contributed by atoms with Gasteiger partial charge in [-0.1, -0.05) is 24.3 Å². The minimum absolute atomic E-state index is 0.00994. The minimum Gasteiger partial charge on any atom is -0.438 e. The van der Waals surface area contributed by atoms with Crippen LogP contribution in [0.25, 0.3) is 11.0 Å². The van der Waals surface area contributed by atoms with Gasteiger partial charge in [-0.15, -0.1) is 0 Å². The van der Waals surface area contributed by atoms with Gasteiger partial charge in [-0.3, -0.25) is 4.79 Å². The van der Waals surface area contributed by atoms with Crippen molar-refractivity contribution in [1.82, 2.24) is 4.98 Å². The number of pyridine rings is 1. The number of carbonyl (C=O) groups excluding carboxylic acids is 1. The van der Waals surface area contributed by atoms with Crippen LogP contribution in [0, 0.1) is 18.6 Å². The lowest BCUT2D eigenvalue weighted by Gasteiger charge is -2.07. The van der Waals surface area contributed by atoms with E-state index in [1.54, 1.807) is 55.5 Å². The highest BCUT2D eigenvalue weighted by Crippen LogP contribution is 2.18. The van der Waals surface area contributed by atoms with Crippen LogP contribution in [0.3, 0.4) is 0 Å². The van der Waals surface area contributed by atoms with Crippen LogP contribution >= 0.6 is 0 Å². The number of rotatable bonds is 3. The van der Waals surface area contributed by atoms with Crippen LogP contribution < -0.4 is 10.9 Å². The van der Waals surface area contributed by atoms with Crippen molar-refractivity contribution in [3.05, 3.63) is 95.2 Å². The molecule has 0 radical (unpaired) electrons. The number of aromatic nitrogens is 1. The Morgan fingerprint density at radius 2 is 1.76 bits per heavy atom. The lowest BCUT2D eigenvalue weighted by atomic mass is 10.1. The van der Waals surface area contributed by atoms with Crippen LogP contribution in [0.5, 0.6) is 0 Å². The van der Waals surface area contributed by atoms with Crippen LogP contribution in [-0.4, -0.2) is 10.9 Å². The van der Waals surface area contributed by atoms with Gasteiger partial charge >= 0.3 is 0 Å². The topological polar surface area (TPSA) is 67.5 Å². The molecule has 2 aromatic carbocycles. The van der Waals surface area contributed by atoms with E-state index < -0.39 is 17.5 Å². The molecular formula is C22H15F2N3O2. The molecule has 144 valence electrons. The van der Waals surface area contributed by atoms with E-state index >= 15 is 0 Å². The van der Waals surface area contributed by atoms with Crippen LogP contribution in [-0.2, 0) is 0 Å². The Morgan fingerprint density at radius 1 is 1.00 bits per heavy atom. The summed E-state index contributed by atoms with van der Waals surface area (Å²) in [5.41, 5.74) is 1.25. The Balaban J connectivity index is 1.86. The maximum absolute atomic E-state index is 13.6. The lowest BCUT2D eigenvalue weighted by molar-refractivity contribution is 0.102. The van der Waals surface area contributed by atoms with Gasteiger partial charge in [0, 0.05) is 17.1 Å². The fraction of sp³-hybridized carbons (Fsp3) is 0.0455. The van der Waals surface area contributed by atoms with Crippen molar-refractivity contribution in [3.63, 3.8) is 0 Å². The Kier molecular flexibility index (Phi) is 4.87. The molecule has 0 atom stereocenters. The summed E-state index contributed by atoms with van der Waals surface area (Å²) in [7, 11) is 0. The third-order valence-corrected chi connectivity index (χ3v) is 4.11. The van der Waals surface area contributed by atoms with Crippen LogP contribution in [0.4, 0.5) is 20.3 Å². The number of benzene rings is 2. The number of hydrogen-bond donors (Lipinski definition) is 1. The largest absolute Gasteiger partial charge is 0.438 e. The Morgan fingerprint density at radius 3 is 2.52 bits per heavy atom. The third-order valence-electron chi connectivity index (χ3n) is 4.11. The minimum atomic E-state index is -0.778. The zero-order valence-corrected chi connectivity index (χ0v) is 15.3. The van der Waals surface area contributed by atoms with Crippen LogP contribution in [0.15, 0.2) is 76.1 Å². The van der Waals surface area contributed by atoms with E-state index in [1.165, 1.54) is 0 Å². The number of hydrogen-bond acceptors (Lipinski definition) is 4. The molecule has 29 heavy (non-hydrogen) atoms. The third kappa shape index (κ3) is 4.19. The predicted molar refractivity (Wildman–Crippen MR) is 105 cm³/mol. The molecule has 0 bridgehead atoms. The highest BCUT2D eigenvalue weighted by atomic mass is 19.1. The summed E-state index contributed by atoms with van der Waals surface area (Å²) in [5, 5.41) is 3.37. The van der Waals surface area contributed by atoms with E-state index in [9.17, 15) is 13.6 Å². The van der Waals surface area contributed by atoms with E-state index in [4.69, 9.17) is 4.42 Å².